The van der Waals surface area contributed by atoms with Crippen molar-refractivity contribution in [3.63, 3.8) is 0 Å². The number of rotatable bonds is 70. The Labute approximate surface area is 546 Å². The number of amides is 1. The summed E-state index contributed by atoms with van der Waals surface area (Å²) >= 11 is 0. The van der Waals surface area contributed by atoms with Gasteiger partial charge in [0.05, 0.1) is 25.4 Å². The molecule has 0 aliphatic carbocycles. The van der Waals surface area contributed by atoms with Crippen LogP contribution in [0.2, 0.25) is 0 Å². The summed E-state index contributed by atoms with van der Waals surface area (Å²) in [5, 5.41) is 55.1. The number of hydrogen-bond acceptors (Lipinski definition) is 8. The molecular weight excluding hydrogens is 1090 g/mol. The fourth-order valence-electron chi connectivity index (χ4n) is 12.9. The van der Waals surface area contributed by atoms with Gasteiger partial charge in [0.15, 0.2) is 6.29 Å². The number of hydrogen-bond donors (Lipinski definition) is 6. The zero-order chi connectivity index (χ0) is 63.5. The molecule has 0 aromatic carbocycles. The van der Waals surface area contributed by atoms with E-state index in [4.69, 9.17) is 9.47 Å². The lowest BCUT2D eigenvalue weighted by Crippen LogP contribution is -2.60. The third-order valence-corrected chi connectivity index (χ3v) is 19.0. The van der Waals surface area contributed by atoms with Crippen LogP contribution in [0.15, 0.2) is 36.5 Å². The van der Waals surface area contributed by atoms with Crippen molar-refractivity contribution < 1.29 is 39.8 Å². The monoisotopic (exact) mass is 1240 g/mol. The van der Waals surface area contributed by atoms with Crippen LogP contribution in [-0.4, -0.2) is 87.5 Å². The standard InChI is InChI=1S/C79H151NO8/c1-3-5-7-9-11-13-15-17-19-21-23-25-27-29-31-33-35-37-39-41-43-45-47-49-51-53-55-57-59-61-63-65-67-69-75(83)80-72(71-87-79-78(86)77(85)76(84)74(70-81)88-79)73(82)68-66-64-62-60-58-56-54-52-50-48-46-44-42-40-38-36-34-32-30-28-26-24-22-20-18-16-14-12-10-8-6-4-2/h15,17,21,23,27,29,72-74,76-79,81-82,84-86H,3-14,16,18-20,22,24-26,28,30-71H2,1-2H3,(H,80,83)/b17-15-,23-21-,29-27-. The van der Waals surface area contributed by atoms with Crippen molar-refractivity contribution in [2.24, 2.45) is 0 Å². The fourth-order valence-corrected chi connectivity index (χ4v) is 12.9. The van der Waals surface area contributed by atoms with Crippen LogP contribution in [0.3, 0.4) is 0 Å². The summed E-state index contributed by atoms with van der Waals surface area (Å²) in [5.74, 6) is -0.136. The van der Waals surface area contributed by atoms with Gasteiger partial charge in [0.25, 0.3) is 0 Å². The van der Waals surface area contributed by atoms with Crippen LogP contribution in [0.5, 0.6) is 0 Å². The molecule has 0 radical (unpaired) electrons. The van der Waals surface area contributed by atoms with Crippen LogP contribution in [-0.2, 0) is 14.3 Å². The zero-order valence-electron chi connectivity index (χ0n) is 58.5. The van der Waals surface area contributed by atoms with Crippen molar-refractivity contribution in [1.29, 1.82) is 0 Å². The quantitative estimate of drug-likeness (QED) is 0.0261. The SMILES string of the molecule is CCCCCCC/C=C\C/C=C\C/C=C\CCCCCCCCCCCCCCCCCCCCC(=O)NC(COC1OC(CO)C(O)C(O)C1O)C(O)CCCCCCCCCCCCCCCCCCCCCCCCCCCCCCCCCC. The predicted octanol–water partition coefficient (Wildman–Crippen LogP) is 22.2. The number of unbranched alkanes of at least 4 members (excludes halogenated alkanes) is 54. The van der Waals surface area contributed by atoms with Gasteiger partial charge in [0, 0.05) is 6.42 Å². The maximum Gasteiger partial charge on any atom is 0.220 e. The van der Waals surface area contributed by atoms with Gasteiger partial charge in [-0.3, -0.25) is 4.79 Å². The summed E-state index contributed by atoms with van der Waals surface area (Å²) < 4.78 is 11.4. The number of nitrogens with one attached hydrogen (secondary N) is 1. The van der Waals surface area contributed by atoms with Crippen molar-refractivity contribution in [3.05, 3.63) is 36.5 Å². The number of aliphatic hydroxyl groups is 5. The van der Waals surface area contributed by atoms with E-state index < -0.39 is 49.5 Å². The average molecular weight is 1240 g/mol. The molecule has 7 atom stereocenters. The summed E-state index contributed by atoms with van der Waals surface area (Å²) in [7, 11) is 0. The van der Waals surface area contributed by atoms with Crippen LogP contribution in [0, 0.1) is 0 Å². The normalized spacial score (nSPS) is 18.0. The predicted molar refractivity (Wildman–Crippen MR) is 378 cm³/mol. The number of aliphatic hydroxyl groups excluding tert-OH is 5. The van der Waals surface area contributed by atoms with Gasteiger partial charge in [-0.1, -0.05) is 384 Å². The van der Waals surface area contributed by atoms with Crippen LogP contribution in [0.4, 0.5) is 0 Å². The molecular formula is C79H151NO8. The van der Waals surface area contributed by atoms with Gasteiger partial charge in [-0.15, -0.1) is 0 Å². The molecule has 1 amide bonds. The smallest absolute Gasteiger partial charge is 0.220 e. The number of allylic oxidation sites excluding steroid dienone is 6. The van der Waals surface area contributed by atoms with Gasteiger partial charge in [0.1, 0.15) is 24.4 Å². The number of carbonyl (C=O) groups excluding carboxylic acids is 1. The molecule has 1 aliphatic rings. The Morgan fingerprint density at radius 3 is 0.989 bits per heavy atom. The maximum absolute atomic E-state index is 13.2. The van der Waals surface area contributed by atoms with Crippen molar-refractivity contribution >= 4 is 5.91 Å². The minimum absolute atomic E-state index is 0.134. The second-order valence-electron chi connectivity index (χ2n) is 27.5. The Hall–Kier alpha value is -1.59. The molecule has 0 saturated carbocycles. The highest BCUT2D eigenvalue weighted by atomic mass is 16.7. The van der Waals surface area contributed by atoms with E-state index in [-0.39, 0.29) is 12.5 Å². The molecule has 1 heterocycles. The molecule has 0 bridgehead atoms. The molecule has 6 N–H and O–H groups in total. The van der Waals surface area contributed by atoms with E-state index >= 15 is 0 Å². The Bertz CT molecular complexity index is 1490. The van der Waals surface area contributed by atoms with Gasteiger partial charge in [0.2, 0.25) is 5.91 Å². The second kappa shape index (κ2) is 68.3. The molecule has 1 aliphatic heterocycles. The van der Waals surface area contributed by atoms with Crippen LogP contribution in [0.1, 0.15) is 406 Å². The maximum atomic E-state index is 13.2. The highest BCUT2D eigenvalue weighted by Gasteiger charge is 2.44. The van der Waals surface area contributed by atoms with Crippen molar-refractivity contribution in [1.82, 2.24) is 5.32 Å². The van der Waals surface area contributed by atoms with Gasteiger partial charge in [-0.2, -0.15) is 0 Å². The second-order valence-corrected chi connectivity index (χ2v) is 27.5. The first-order chi connectivity index (χ1) is 43.3. The van der Waals surface area contributed by atoms with Crippen LogP contribution >= 0.6 is 0 Å². The third-order valence-electron chi connectivity index (χ3n) is 19.0. The molecule has 1 saturated heterocycles. The van der Waals surface area contributed by atoms with E-state index in [1.165, 1.54) is 327 Å². The molecule has 1 rings (SSSR count). The summed E-state index contributed by atoms with van der Waals surface area (Å²) in [4.78, 5) is 13.2. The van der Waals surface area contributed by atoms with Crippen molar-refractivity contribution in [2.75, 3.05) is 13.2 Å². The number of ether oxygens (including phenoxy) is 2. The van der Waals surface area contributed by atoms with E-state index in [2.05, 4.69) is 55.6 Å². The van der Waals surface area contributed by atoms with Gasteiger partial charge in [-0.05, 0) is 51.4 Å². The molecule has 520 valence electrons. The summed E-state index contributed by atoms with van der Waals surface area (Å²) in [6.07, 6.45) is 85.3. The summed E-state index contributed by atoms with van der Waals surface area (Å²) in [6, 6.07) is -0.720. The number of carbonyl (C=O) groups is 1. The zero-order valence-corrected chi connectivity index (χ0v) is 58.5. The average Bonchev–Trinajstić information content (AvgIpc) is 3.65. The Balaban J connectivity index is 2.06. The Kier molecular flexibility index (Phi) is 65.5. The lowest BCUT2D eigenvalue weighted by molar-refractivity contribution is -0.302. The van der Waals surface area contributed by atoms with Gasteiger partial charge < -0.3 is 40.3 Å². The van der Waals surface area contributed by atoms with E-state index in [0.29, 0.717) is 12.8 Å². The minimum atomic E-state index is -1.55. The highest BCUT2D eigenvalue weighted by molar-refractivity contribution is 5.76. The molecule has 1 fully saturated rings. The largest absolute Gasteiger partial charge is 0.394 e. The lowest BCUT2D eigenvalue weighted by atomic mass is 9.99. The first-order valence-corrected chi connectivity index (χ1v) is 39.2. The summed E-state index contributed by atoms with van der Waals surface area (Å²) in [5.41, 5.74) is 0. The summed E-state index contributed by atoms with van der Waals surface area (Å²) in [6.45, 7) is 3.89. The van der Waals surface area contributed by atoms with Crippen molar-refractivity contribution in [2.45, 2.75) is 448 Å². The molecule has 7 unspecified atom stereocenters. The Morgan fingerprint density at radius 2 is 0.670 bits per heavy atom. The lowest BCUT2D eigenvalue weighted by Gasteiger charge is -2.40. The minimum Gasteiger partial charge on any atom is -0.394 e. The van der Waals surface area contributed by atoms with Gasteiger partial charge in [-0.25, -0.2) is 0 Å². The molecule has 9 heteroatoms. The topological polar surface area (TPSA) is 149 Å². The molecule has 9 nitrogen and oxygen atoms in total. The van der Waals surface area contributed by atoms with E-state index in [1.54, 1.807) is 0 Å². The molecule has 88 heavy (non-hydrogen) atoms. The van der Waals surface area contributed by atoms with E-state index in [1.807, 2.05) is 0 Å². The highest BCUT2D eigenvalue weighted by Crippen LogP contribution is 2.24. The Morgan fingerprint density at radius 1 is 0.386 bits per heavy atom. The van der Waals surface area contributed by atoms with E-state index in [0.717, 1.165) is 51.4 Å². The fraction of sp³-hybridized carbons (Fsp3) is 0.911. The molecule has 0 aromatic rings. The first-order valence-electron chi connectivity index (χ1n) is 39.2. The molecule has 0 spiro atoms. The third kappa shape index (κ3) is 56.0. The first kappa shape index (κ1) is 84.4. The van der Waals surface area contributed by atoms with Crippen molar-refractivity contribution in [3.8, 4) is 0 Å². The van der Waals surface area contributed by atoms with Crippen LogP contribution in [0.25, 0.3) is 0 Å². The van der Waals surface area contributed by atoms with Gasteiger partial charge >= 0.3 is 0 Å². The van der Waals surface area contributed by atoms with Crippen LogP contribution < -0.4 is 5.32 Å². The molecule has 0 aromatic heterocycles. The van der Waals surface area contributed by atoms with E-state index in [9.17, 15) is 30.3 Å².